The second kappa shape index (κ2) is 6.29. The Morgan fingerprint density at radius 3 is 2.38 bits per heavy atom. The zero-order valence-electron chi connectivity index (χ0n) is 8.08. The van der Waals surface area contributed by atoms with Gasteiger partial charge in [-0.05, 0) is 18.6 Å². The van der Waals surface area contributed by atoms with Gasteiger partial charge in [-0.2, -0.15) is 0 Å². The Bertz CT molecular complexity index is 273. The second-order valence-corrected chi connectivity index (χ2v) is 2.58. The fourth-order valence-corrected chi connectivity index (χ4v) is 0.963. The molecule has 2 N–H and O–H groups in total. The number of anilines is 1. The standard InChI is InChI=1S/C9H11NO.CH3B/c1-7(11)6-8-4-2-3-5-9(8)10;1-2/h2-5H,6,10H2,1H3;1H3. The topological polar surface area (TPSA) is 43.1 Å². The van der Waals surface area contributed by atoms with Gasteiger partial charge in [0.05, 0.1) is 7.85 Å². The van der Waals surface area contributed by atoms with E-state index in [2.05, 4.69) is 7.85 Å². The van der Waals surface area contributed by atoms with Crippen molar-refractivity contribution in [2.24, 2.45) is 0 Å². The molecule has 1 aromatic rings. The smallest absolute Gasteiger partial charge is 0.134 e. The van der Waals surface area contributed by atoms with Gasteiger partial charge in [-0.15, -0.1) is 0 Å². The Hall–Kier alpha value is -1.25. The van der Waals surface area contributed by atoms with Crippen molar-refractivity contribution in [3.63, 3.8) is 0 Å². The molecule has 0 aliphatic rings. The van der Waals surface area contributed by atoms with Crippen molar-refractivity contribution in [1.82, 2.24) is 0 Å². The molecule has 0 aliphatic carbocycles. The van der Waals surface area contributed by atoms with Crippen molar-refractivity contribution in [3.8, 4) is 0 Å². The van der Waals surface area contributed by atoms with Crippen LogP contribution in [0.2, 0.25) is 6.82 Å². The monoisotopic (exact) mass is 175 g/mol. The third kappa shape index (κ3) is 4.36. The van der Waals surface area contributed by atoms with Crippen LogP contribution in [0.25, 0.3) is 0 Å². The van der Waals surface area contributed by atoms with E-state index in [1.807, 2.05) is 18.2 Å². The number of hydrogen-bond acceptors (Lipinski definition) is 2. The average molecular weight is 175 g/mol. The highest BCUT2D eigenvalue weighted by molar-refractivity contribution is 6.05. The number of Topliss-reactive ketones (excluding diaryl/α,β-unsaturated/α-hetero) is 1. The Labute approximate surface area is 80.6 Å². The van der Waals surface area contributed by atoms with E-state index in [4.69, 9.17) is 5.73 Å². The number of rotatable bonds is 2. The molecule has 3 heteroatoms. The molecule has 0 spiro atoms. The van der Waals surface area contributed by atoms with Gasteiger partial charge in [-0.25, -0.2) is 0 Å². The first kappa shape index (κ1) is 11.8. The van der Waals surface area contributed by atoms with E-state index in [9.17, 15) is 4.79 Å². The minimum Gasteiger partial charge on any atom is -0.398 e. The molecule has 68 valence electrons. The highest BCUT2D eigenvalue weighted by Gasteiger charge is 1.99. The van der Waals surface area contributed by atoms with Gasteiger partial charge in [-0.3, -0.25) is 4.79 Å². The first-order chi connectivity index (χ1) is 6.20. The van der Waals surface area contributed by atoms with Gasteiger partial charge in [0.25, 0.3) is 0 Å². The summed E-state index contributed by atoms with van der Waals surface area (Å²) in [5, 5.41) is 0. The van der Waals surface area contributed by atoms with E-state index in [1.165, 1.54) is 6.82 Å². The minimum absolute atomic E-state index is 0.142. The average Bonchev–Trinajstić information content (AvgIpc) is 2.12. The van der Waals surface area contributed by atoms with Crippen molar-refractivity contribution in [2.45, 2.75) is 20.2 Å². The summed E-state index contributed by atoms with van der Waals surface area (Å²) in [6.45, 7) is 3.06. The van der Waals surface area contributed by atoms with E-state index < -0.39 is 0 Å². The number of nitrogen functional groups attached to an aromatic ring is 1. The highest BCUT2D eigenvalue weighted by Crippen LogP contribution is 2.10. The van der Waals surface area contributed by atoms with Gasteiger partial charge in [0.2, 0.25) is 0 Å². The van der Waals surface area contributed by atoms with Crippen LogP contribution in [-0.4, -0.2) is 13.6 Å². The molecule has 0 fully saturated rings. The summed E-state index contributed by atoms with van der Waals surface area (Å²) in [6.07, 6.45) is 0.437. The maximum absolute atomic E-state index is 10.7. The number of ketones is 1. The van der Waals surface area contributed by atoms with Gasteiger partial charge in [-0.1, -0.05) is 25.0 Å². The van der Waals surface area contributed by atoms with Crippen LogP contribution in [0.15, 0.2) is 24.3 Å². The zero-order valence-corrected chi connectivity index (χ0v) is 8.08. The molecule has 0 aromatic heterocycles. The van der Waals surface area contributed by atoms with Crippen molar-refractivity contribution in [1.29, 1.82) is 0 Å². The maximum Gasteiger partial charge on any atom is 0.134 e. The SMILES string of the molecule is CC(=O)Cc1ccccc1N.[B]C. The lowest BCUT2D eigenvalue weighted by molar-refractivity contribution is -0.116. The summed E-state index contributed by atoms with van der Waals surface area (Å²) >= 11 is 0. The zero-order chi connectivity index (χ0) is 10.3. The molecule has 1 rings (SSSR count). The Balaban J connectivity index is 0.000000671. The van der Waals surface area contributed by atoms with Gasteiger partial charge >= 0.3 is 0 Å². The molecule has 0 unspecified atom stereocenters. The van der Waals surface area contributed by atoms with Crippen LogP contribution in [0.4, 0.5) is 5.69 Å². The number of benzene rings is 1. The first-order valence-electron chi connectivity index (χ1n) is 4.10. The molecule has 13 heavy (non-hydrogen) atoms. The van der Waals surface area contributed by atoms with Crippen molar-refractivity contribution < 1.29 is 4.79 Å². The van der Waals surface area contributed by atoms with Crippen LogP contribution < -0.4 is 5.73 Å². The lowest BCUT2D eigenvalue weighted by atomic mass is 10.1. The van der Waals surface area contributed by atoms with Gasteiger partial charge in [0, 0.05) is 12.1 Å². The Morgan fingerprint density at radius 1 is 1.38 bits per heavy atom. The molecule has 0 aliphatic heterocycles. The molecule has 0 saturated carbocycles. The summed E-state index contributed by atoms with van der Waals surface area (Å²) in [5.74, 6) is 0.142. The summed E-state index contributed by atoms with van der Waals surface area (Å²) in [7, 11) is 4.50. The molecular weight excluding hydrogens is 161 g/mol. The van der Waals surface area contributed by atoms with Crippen molar-refractivity contribution in [2.75, 3.05) is 5.73 Å². The molecule has 0 amide bonds. The lowest BCUT2D eigenvalue weighted by Crippen LogP contribution is -2.00. The number of nitrogens with two attached hydrogens (primary N) is 1. The lowest BCUT2D eigenvalue weighted by Gasteiger charge is -2.00. The minimum atomic E-state index is 0.142. The van der Waals surface area contributed by atoms with Crippen LogP contribution >= 0.6 is 0 Å². The van der Waals surface area contributed by atoms with Crippen LogP contribution in [-0.2, 0) is 11.2 Å². The molecular formula is C10H14BNO. The summed E-state index contributed by atoms with van der Waals surface area (Å²) in [6, 6.07) is 7.42. The summed E-state index contributed by atoms with van der Waals surface area (Å²) in [4.78, 5) is 10.7. The summed E-state index contributed by atoms with van der Waals surface area (Å²) < 4.78 is 0. The third-order valence-corrected chi connectivity index (χ3v) is 1.49. The van der Waals surface area contributed by atoms with Gasteiger partial charge < -0.3 is 5.73 Å². The van der Waals surface area contributed by atoms with Crippen LogP contribution in [0.5, 0.6) is 0 Å². The van der Waals surface area contributed by atoms with E-state index in [-0.39, 0.29) is 5.78 Å². The predicted octanol–water partition coefficient (Wildman–Crippen LogP) is 1.60. The van der Waals surface area contributed by atoms with Crippen LogP contribution in [0.3, 0.4) is 0 Å². The van der Waals surface area contributed by atoms with E-state index >= 15 is 0 Å². The Morgan fingerprint density at radius 2 is 1.92 bits per heavy atom. The molecule has 0 atom stereocenters. The quantitative estimate of drug-likeness (QED) is 0.547. The molecule has 2 radical (unpaired) electrons. The maximum atomic E-state index is 10.7. The van der Waals surface area contributed by atoms with Gasteiger partial charge in [0.1, 0.15) is 5.78 Å². The number of hydrogen-bond donors (Lipinski definition) is 1. The highest BCUT2D eigenvalue weighted by atomic mass is 16.1. The largest absolute Gasteiger partial charge is 0.398 e. The van der Waals surface area contributed by atoms with Gasteiger partial charge in [0.15, 0.2) is 0 Å². The van der Waals surface area contributed by atoms with Crippen molar-refractivity contribution in [3.05, 3.63) is 29.8 Å². The van der Waals surface area contributed by atoms with Crippen LogP contribution in [0.1, 0.15) is 12.5 Å². The molecule has 1 aromatic carbocycles. The van der Waals surface area contributed by atoms with E-state index in [0.29, 0.717) is 12.1 Å². The first-order valence-corrected chi connectivity index (χ1v) is 4.10. The number of carbonyl (C=O) groups is 1. The van der Waals surface area contributed by atoms with Crippen molar-refractivity contribution >= 4 is 19.3 Å². The summed E-state index contributed by atoms with van der Waals surface area (Å²) in [5.41, 5.74) is 7.23. The molecule has 0 heterocycles. The number of carbonyl (C=O) groups excluding carboxylic acids is 1. The van der Waals surface area contributed by atoms with Crippen LogP contribution in [0, 0.1) is 0 Å². The molecule has 0 saturated heterocycles. The normalized spacial score (nSPS) is 8.46. The van der Waals surface area contributed by atoms with E-state index in [0.717, 1.165) is 5.56 Å². The van der Waals surface area contributed by atoms with E-state index in [1.54, 1.807) is 13.0 Å². The fourth-order valence-electron chi connectivity index (χ4n) is 0.963. The fraction of sp³-hybridized carbons (Fsp3) is 0.300. The second-order valence-electron chi connectivity index (χ2n) is 2.58. The third-order valence-electron chi connectivity index (χ3n) is 1.49. The number of para-hydroxylation sites is 1. The molecule has 2 nitrogen and oxygen atoms in total. The Kier molecular flexibility index (Phi) is 5.69. The predicted molar refractivity (Wildman–Crippen MR) is 56.9 cm³/mol. The molecule has 0 bridgehead atoms.